The number of rotatable bonds is 18. The maximum atomic E-state index is 12.6. The Balaban J connectivity index is 0.000000183. The normalized spacial score (nSPS) is 10.5. The van der Waals surface area contributed by atoms with Crippen LogP contribution in [-0.4, -0.2) is 91.1 Å². The third-order valence-electron chi connectivity index (χ3n) is 14.0. The summed E-state index contributed by atoms with van der Waals surface area (Å²) in [5.41, 5.74) is 16.2. The quantitative estimate of drug-likeness (QED) is 0.0552. The second-order valence-electron chi connectivity index (χ2n) is 20.4. The standard InChI is InChI=1S/C24H26N4O3.C22H23ClN4O.C21H22N4O/c1-7-31-24(29)19-14-27-23-18(11-17(25-3)12-20(23)28(4)5)22(19)26-13-16-8-9-21(30-6)15(2)10-16;1-6-15-13-26-22-17(10-16(24-2)11-19(22)27(3)4)21(15)25-12-14-7-8-20(28-5)18(23)9-14;1-14-12-23-21-18(10-16(22-2)11-19(21)25(3)4)20(14)24-13-15-6-8-17(26-5)9-7-15/h8-12,14H,7,13H2,1-2,4-6H3,(H,26,27);7-11,13H,6,12H2,1,3-5H3,(H,25,26);6-12H,13H2,1,3-5H3,(H,23,24). The van der Waals surface area contributed by atoms with Crippen molar-refractivity contribution >= 4 is 101 Å². The van der Waals surface area contributed by atoms with Gasteiger partial charge in [-0.2, -0.15) is 0 Å². The zero-order valence-corrected chi connectivity index (χ0v) is 51.2. The van der Waals surface area contributed by atoms with Gasteiger partial charge in [0.25, 0.3) is 0 Å². The SMILES string of the molecule is [C-]#[N+]c1cc(N(C)C)c2ncc(C(=O)OCC)c(NCc3ccc(OC)c(C)c3)c2c1.[C-]#[N+]c1cc(N(C)C)c2ncc(C)c(NCc3ccc(OC)cc3)c2c1.[C-]#[N+]c1cc(N(C)C)c2ncc(CC)c(NCc3ccc(OC)c(Cl)c3)c2c1. The van der Waals surface area contributed by atoms with Crippen LogP contribution in [0.1, 0.15) is 57.6 Å². The van der Waals surface area contributed by atoms with Crippen molar-refractivity contribution in [2.45, 2.75) is 53.8 Å². The lowest BCUT2D eigenvalue weighted by Gasteiger charge is -2.19. The van der Waals surface area contributed by atoms with E-state index in [0.717, 1.165) is 102 Å². The Kier molecular flexibility index (Phi) is 21.2. The molecule has 0 radical (unpaired) electrons. The fourth-order valence-corrected chi connectivity index (χ4v) is 9.90. The molecule has 0 spiro atoms. The van der Waals surface area contributed by atoms with Gasteiger partial charge in [0.2, 0.25) is 0 Å². The van der Waals surface area contributed by atoms with Crippen LogP contribution >= 0.6 is 11.6 Å². The summed E-state index contributed by atoms with van der Waals surface area (Å²) in [6.07, 6.45) is 6.17. The van der Waals surface area contributed by atoms with Crippen LogP contribution < -0.4 is 44.9 Å². The number of fused-ring (bicyclic) bond motifs is 3. The highest BCUT2D eigenvalue weighted by Crippen LogP contribution is 2.40. The van der Waals surface area contributed by atoms with Crippen LogP contribution in [0.4, 0.5) is 51.2 Å². The van der Waals surface area contributed by atoms with Gasteiger partial charge in [0, 0.05) is 108 Å². The molecular formula is C67H71ClN12O5. The van der Waals surface area contributed by atoms with Crippen molar-refractivity contribution < 1.29 is 23.7 Å². The smallest absolute Gasteiger partial charge is 0.341 e. The summed E-state index contributed by atoms with van der Waals surface area (Å²) in [4.78, 5) is 43.2. The monoisotopic (exact) mass is 1160 g/mol. The van der Waals surface area contributed by atoms with E-state index < -0.39 is 5.97 Å². The summed E-state index contributed by atoms with van der Waals surface area (Å²) in [7, 11) is 16.6. The largest absolute Gasteiger partial charge is 0.497 e. The van der Waals surface area contributed by atoms with Crippen molar-refractivity contribution in [2.75, 3.05) is 101 Å². The molecule has 0 bridgehead atoms. The van der Waals surface area contributed by atoms with E-state index in [1.807, 2.05) is 168 Å². The minimum absolute atomic E-state index is 0.263. The highest BCUT2D eigenvalue weighted by molar-refractivity contribution is 6.32. The molecule has 3 N–H and O–H groups in total. The first-order valence-corrected chi connectivity index (χ1v) is 27.8. The van der Waals surface area contributed by atoms with Crippen LogP contribution in [-0.2, 0) is 30.8 Å². The molecule has 0 atom stereocenters. The molecule has 9 aromatic rings. The number of benzene rings is 6. The van der Waals surface area contributed by atoms with E-state index >= 15 is 0 Å². The average Bonchev–Trinajstić information content (AvgIpc) is 3.71. The van der Waals surface area contributed by atoms with Crippen LogP contribution in [0, 0.1) is 33.6 Å². The van der Waals surface area contributed by atoms with Gasteiger partial charge >= 0.3 is 5.97 Å². The molecule has 9 rings (SSSR count). The molecule has 0 aliphatic heterocycles. The lowest BCUT2D eigenvalue weighted by Crippen LogP contribution is -2.13. The van der Waals surface area contributed by atoms with Gasteiger partial charge in [-0.05, 0) is 127 Å². The van der Waals surface area contributed by atoms with Crippen LogP contribution in [0.3, 0.4) is 0 Å². The maximum Gasteiger partial charge on any atom is 0.341 e. The number of nitrogens with zero attached hydrogens (tertiary/aromatic N) is 9. The third-order valence-corrected chi connectivity index (χ3v) is 14.3. The Labute approximate surface area is 503 Å². The first-order chi connectivity index (χ1) is 40.9. The van der Waals surface area contributed by atoms with E-state index in [2.05, 4.69) is 52.4 Å². The summed E-state index contributed by atoms with van der Waals surface area (Å²) in [6.45, 7) is 32.3. The summed E-state index contributed by atoms with van der Waals surface area (Å²) in [5, 5.41) is 13.7. The number of pyridine rings is 3. The highest BCUT2D eigenvalue weighted by atomic mass is 35.5. The molecular weight excluding hydrogens is 1090 g/mol. The van der Waals surface area contributed by atoms with E-state index in [4.69, 9.17) is 50.3 Å². The van der Waals surface area contributed by atoms with Gasteiger partial charge in [-0.25, -0.2) is 19.3 Å². The molecule has 85 heavy (non-hydrogen) atoms. The number of hydrogen-bond acceptors (Lipinski definition) is 14. The Morgan fingerprint density at radius 1 is 0.529 bits per heavy atom. The van der Waals surface area contributed by atoms with Gasteiger partial charge in [0.15, 0.2) is 17.1 Å². The van der Waals surface area contributed by atoms with E-state index in [-0.39, 0.29) is 6.61 Å². The number of anilines is 6. The Morgan fingerprint density at radius 3 is 1.45 bits per heavy atom. The minimum atomic E-state index is -0.454. The fraction of sp³-hybridized carbons (Fsp3) is 0.269. The number of ether oxygens (including phenoxy) is 4. The van der Waals surface area contributed by atoms with Gasteiger partial charge in [-0.3, -0.25) is 15.0 Å². The number of nitrogens with one attached hydrogen (secondary N) is 3. The van der Waals surface area contributed by atoms with E-state index in [1.54, 1.807) is 40.4 Å². The molecule has 0 unspecified atom stereocenters. The van der Waals surface area contributed by atoms with Crippen molar-refractivity contribution in [3.8, 4) is 17.2 Å². The van der Waals surface area contributed by atoms with Gasteiger partial charge in [-0.1, -0.05) is 48.9 Å². The molecule has 18 heteroatoms. The Morgan fingerprint density at radius 2 is 0.976 bits per heavy atom. The number of aromatic nitrogens is 3. The second-order valence-corrected chi connectivity index (χ2v) is 20.8. The number of halogens is 1. The molecule has 0 saturated heterocycles. The van der Waals surface area contributed by atoms with Crippen molar-refractivity contribution in [3.63, 3.8) is 0 Å². The highest BCUT2D eigenvalue weighted by Gasteiger charge is 2.21. The Bertz CT molecular complexity index is 4020. The molecule has 6 aromatic carbocycles. The molecule has 0 aliphatic rings. The number of esters is 1. The lowest BCUT2D eigenvalue weighted by atomic mass is 10.0. The molecule has 0 aliphatic carbocycles. The van der Waals surface area contributed by atoms with Crippen molar-refractivity contribution in [2.24, 2.45) is 0 Å². The number of methoxy groups -OCH3 is 3. The second kappa shape index (κ2) is 28.8. The molecule has 3 aromatic heterocycles. The van der Waals surface area contributed by atoms with E-state index in [1.165, 1.54) is 6.20 Å². The maximum absolute atomic E-state index is 12.6. The van der Waals surface area contributed by atoms with Gasteiger partial charge in [0.1, 0.15) is 22.8 Å². The predicted molar refractivity (Wildman–Crippen MR) is 348 cm³/mol. The fourth-order valence-electron chi connectivity index (χ4n) is 9.62. The summed E-state index contributed by atoms with van der Waals surface area (Å²) in [5.74, 6) is 1.87. The van der Waals surface area contributed by atoms with Crippen molar-refractivity contribution in [1.29, 1.82) is 0 Å². The number of aryl methyl sites for hydroxylation is 3. The van der Waals surface area contributed by atoms with Crippen LogP contribution in [0.15, 0.2) is 116 Å². The summed E-state index contributed by atoms with van der Waals surface area (Å²) >= 11 is 6.26. The zero-order chi connectivity index (χ0) is 61.5. The third kappa shape index (κ3) is 14.8. The number of carbonyl (C=O) groups is 1. The Hall–Kier alpha value is -10.0. The first kappa shape index (κ1) is 62.6. The van der Waals surface area contributed by atoms with Gasteiger partial charge in [0.05, 0.1) is 92.0 Å². The van der Waals surface area contributed by atoms with Crippen LogP contribution in [0.2, 0.25) is 5.02 Å². The molecule has 3 heterocycles. The lowest BCUT2D eigenvalue weighted by molar-refractivity contribution is 0.0527. The molecule has 0 amide bonds. The zero-order valence-electron chi connectivity index (χ0n) is 50.4. The van der Waals surface area contributed by atoms with Gasteiger partial charge < -0.3 is 49.6 Å². The predicted octanol–water partition coefficient (Wildman–Crippen LogP) is 15.4. The van der Waals surface area contributed by atoms with Gasteiger partial charge in [-0.15, -0.1) is 0 Å². The summed E-state index contributed by atoms with van der Waals surface area (Å²) in [6, 6.07) is 30.8. The van der Waals surface area contributed by atoms with Crippen LogP contribution in [0.25, 0.3) is 47.2 Å². The molecule has 0 fully saturated rings. The molecule has 0 saturated carbocycles. The summed E-state index contributed by atoms with van der Waals surface area (Å²) < 4.78 is 21.0. The van der Waals surface area contributed by atoms with Crippen molar-refractivity contribution in [1.82, 2.24) is 15.0 Å². The average molecular weight is 1160 g/mol. The van der Waals surface area contributed by atoms with Crippen LogP contribution in [0.5, 0.6) is 17.2 Å². The van der Waals surface area contributed by atoms with E-state index in [0.29, 0.717) is 69.6 Å². The number of carbonyl (C=O) groups excluding carboxylic acids is 1. The first-order valence-electron chi connectivity index (χ1n) is 27.4. The number of hydrogen-bond donors (Lipinski definition) is 3. The topological polar surface area (TPSA) is 152 Å². The molecule has 436 valence electrons. The minimum Gasteiger partial charge on any atom is -0.497 e. The van der Waals surface area contributed by atoms with E-state index in [9.17, 15) is 4.79 Å². The molecule has 17 nitrogen and oxygen atoms in total. The van der Waals surface area contributed by atoms with Crippen molar-refractivity contribution in [3.05, 3.63) is 194 Å².